The summed E-state index contributed by atoms with van der Waals surface area (Å²) in [6, 6.07) is 0.444. The van der Waals surface area contributed by atoms with Crippen LogP contribution >= 0.6 is 0 Å². The van der Waals surface area contributed by atoms with E-state index in [-0.39, 0.29) is 6.10 Å². The molecule has 8 heavy (non-hydrogen) atoms. The van der Waals surface area contributed by atoms with Crippen LogP contribution in [0.3, 0.4) is 0 Å². The Labute approximate surface area is 48.9 Å². The first-order valence-electron chi connectivity index (χ1n) is 3.29. The van der Waals surface area contributed by atoms with Crippen LogP contribution in [0.15, 0.2) is 0 Å². The van der Waals surface area contributed by atoms with Crippen LogP contribution in [-0.4, -0.2) is 23.8 Å². The average molecular weight is 113 g/mol. The van der Waals surface area contributed by atoms with Crippen molar-refractivity contribution in [3.05, 3.63) is 0 Å². The third kappa shape index (κ3) is 0.446. The molecule has 2 bridgehead atoms. The van der Waals surface area contributed by atoms with Gasteiger partial charge in [-0.05, 0) is 18.8 Å². The largest absolute Gasteiger partial charge is 0.391 e. The fourth-order valence-corrected chi connectivity index (χ4v) is 1.81. The summed E-state index contributed by atoms with van der Waals surface area (Å²) in [5, 5.41) is 12.5. The fraction of sp³-hybridized carbons (Fsp3) is 1.00. The van der Waals surface area contributed by atoms with E-state index >= 15 is 0 Å². The smallest absolute Gasteiger partial charge is 0.0733 e. The van der Waals surface area contributed by atoms with E-state index in [0.717, 1.165) is 6.54 Å². The van der Waals surface area contributed by atoms with Crippen LogP contribution in [0.1, 0.15) is 12.8 Å². The molecule has 2 aliphatic rings. The lowest BCUT2D eigenvalue weighted by molar-refractivity contribution is 0.150. The summed E-state index contributed by atoms with van der Waals surface area (Å²) in [6.45, 7) is 1.05. The van der Waals surface area contributed by atoms with Gasteiger partial charge < -0.3 is 10.4 Å². The third-order valence-corrected chi connectivity index (χ3v) is 2.39. The topological polar surface area (TPSA) is 32.3 Å². The van der Waals surface area contributed by atoms with Crippen LogP contribution in [0.2, 0.25) is 0 Å². The molecule has 2 fully saturated rings. The maximum absolute atomic E-state index is 9.27. The molecule has 2 rings (SSSR count). The maximum atomic E-state index is 9.27. The Hall–Kier alpha value is -0.0800. The van der Waals surface area contributed by atoms with Crippen molar-refractivity contribution in [1.29, 1.82) is 0 Å². The van der Waals surface area contributed by atoms with Crippen molar-refractivity contribution in [2.24, 2.45) is 5.92 Å². The maximum Gasteiger partial charge on any atom is 0.0733 e. The summed E-state index contributed by atoms with van der Waals surface area (Å²) in [4.78, 5) is 0. The molecule has 0 unspecified atom stereocenters. The molecule has 1 aliphatic heterocycles. The van der Waals surface area contributed by atoms with Crippen LogP contribution in [0, 0.1) is 5.92 Å². The van der Waals surface area contributed by atoms with E-state index < -0.39 is 0 Å². The molecule has 1 heterocycles. The number of rotatable bonds is 0. The highest BCUT2D eigenvalue weighted by atomic mass is 16.3. The van der Waals surface area contributed by atoms with Crippen LogP contribution in [0.5, 0.6) is 0 Å². The first kappa shape index (κ1) is 4.77. The van der Waals surface area contributed by atoms with Crippen molar-refractivity contribution < 1.29 is 5.11 Å². The minimum atomic E-state index is -0.0185. The van der Waals surface area contributed by atoms with Gasteiger partial charge in [-0.2, -0.15) is 0 Å². The molecule has 2 N–H and O–H groups in total. The molecule has 0 spiro atoms. The summed E-state index contributed by atoms with van der Waals surface area (Å²) in [5.74, 6) is 0.583. The van der Waals surface area contributed by atoms with Crippen molar-refractivity contribution in [2.45, 2.75) is 25.0 Å². The monoisotopic (exact) mass is 113 g/mol. The molecule has 0 amide bonds. The minimum Gasteiger partial charge on any atom is -0.391 e. The average Bonchev–Trinajstić information content (AvgIpc) is 2.29. The van der Waals surface area contributed by atoms with E-state index in [1.165, 1.54) is 12.8 Å². The van der Waals surface area contributed by atoms with Crippen molar-refractivity contribution in [3.8, 4) is 0 Å². The minimum absolute atomic E-state index is 0.0185. The van der Waals surface area contributed by atoms with Crippen molar-refractivity contribution in [3.63, 3.8) is 0 Å². The summed E-state index contributed by atoms with van der Waals surface area (Å²) in [6.07, 6.45) is 2.40. The van der Waals surface area contributed by atoms with Crippen molar-refractivity contribution >= 4 is 0 Å². The van der Waals surface area contributed by atoms with Crippen LogP contribution in [0.4, 0.5) is 0 Å². The highest BCUT2D eigenvalue weighted by molar-refractivity contribution is 4.96. The van der Waals surface area contributed by atoms with Gasteiger partial charge in [0.15, 0.2) is 0 Å². The van der Waals surface area contributed by atoms with E-state index in [1.54, 1.807) is 0 Å². The standard InChI is InChI=1S/C6H11NO/c8-6-4-1-2-5(6)7-3-4/h4-8H,1-3H2/t4-,5-,6+/m1/s1. The van der Waals surface area contributed by atoms with Gasteiger partial charge >= 0.3 is 0 Å². The quantitative estimate of drug-likeness (QED) is 0.453. The molecule has 0 aromatic carbocycles. The van der Waals surface area contributed by atoms with Gasteiger partial charge in [0.2, 0.25) is 0 Å². The zero-order chi connectivity index (χ0) is 5.56. The molecule has 0 aromatic heterocycles. The molecular weight excluding hydrogens is 102 g/mol. The van der Waals surface area contributed by atoms with Gasteiger partial charge in [-0.25, -0.2) is 0 Å². The summed E-state index contributed by atoms with van der Waals surface area (Å²) >= 11 is 0. The zero-order valence-electron chi connectivity index (χ0n) is 4.80. The fourth-order valence-electron chi connectivity index (χ4n) is 1.81. The van der Waals surface area contributed by atoms with E-state index in [4.69, 9.17) is 0 Å². The molecular formula is C6H11NO. The Bertz CT molecular complexity index is 84.7. The number of aliphatic hydroxyl groups excluding tert-OH is 1. The van der Waals surface area contributed by atoms with Crippen LogP contribution < -0.4 is 5.32 Å². The lowest BCUT2D eigenvalue weighted by Gasteiger charge is -2.07. The number of hydrogen-bond donors (Lipinski definition) is 2. The Morgan fingerprint density at radius 3 is 2.38 bits per heavy atom. The molecule has 2 heteroatoms. The second-order valence-corrected chi connectivity index (χ2v) is 2.84. The van der Waals surface area contributed by atoms with E-state index in [0.29, 0.717) is 12.0 Å². The second-order valence-electron chi connectivity index (χ2n) is 2.84. The molecule has 2 nitrogen and oxygen atoms in total. The van der Waals surface area contributed by atoms with E-state index in [1.807, 2.05) is 0 Å². The van der Waals surface area contributed by atoms with Gasteiger partial charge in [0.05, 0.1) is 6.10 Å². The molecule has 0 aromatic rings. The lowest BCUT2D eigenvalue weighted by Crippen LogP contribution is -2.27. The number of piperidine rings is 1. The second kappa shape index (κ2) is 1.45. The first-order valence-corrected chi connectivity index (χ1v) is 3.29. The molecule has 0 radical (unpaired) electrons. The van der Waals surface area contributed by atoms with Crippen molar-refractivity contribution in [1.82, 2.24) is 5.32 Å². The van der Waals surface area contributed by atoms with E-state index in [9.17, 15) is 5.11 Å². The molecule has 1 aliphatic carbocycles. The summed E-state index contributed by atoms with van der Waals surface area (Å²) in [5.41, 5.74) is 0. The Kier molecular flexibility index (Phi) is 0.866. The van der Waals surface area contributed by atoms with Gasteiger partial charge in [-0.1, -0.05) is 0 Å². The SMILES string of the molecule is O[C@H]1[C@@H]2CC[C@H]1NC2. The Morgan fingerprint density at radius 1 is 1.38 bits per heavy atom. The normalized spacial score (nSPS) is 52.9. The predicted octanol–water partition coefficient (Wildman–Crippen LogP) is -0.271. The van der Waals surface area contributed by atoms with Gasteiger partial charge in [-0.15, -0.1) is 0 Å². The number of nitrogens with one attached hydrogen (secondary N) is 1. The Balaban J connectivity index is 2.16. The van der Waals surface area contributed by atoms with Gasteiger partial charge in [-0.3, -0.25) is 0 Å². The van der Waals surface area contributed by atoms with Crippen LogP contribution in [0.25, 0.3) is 0 Å². The van der Waals surface area contributed by atoms with Gasteiger partial charge in [0, 0.05) is 12.6 Å². The van der Waals surface area contributed by atoms with Crippen molar-refractivity contribution in [2.75, 3.05) is 6.54 Å². The summed E-state index contributed by atoms with van der Waals surface area (Å²) in [7, 11) is 0. The lowest BCUT2D eigenvalue weighted by atomic mass is 10.1. The highest BCUT2D eigenvalue weighted by Gasteiger charge is 2.39. The predicted molar refractivity (Wildman–Crippen MR) is 30.5 cm³/mol. The molecule has 1 saturated heterocycles. The van der Waals surface area contributed by atoms with Crippen LogP contribution in [-0.2, 0) is 0 Å². The zero-order valence-corrected chi connectivity index (χ0v) is 4.80. The van der Waals surface area contributed by atoms with E-state index in [2.05, 4.69) is 5.32 Å². The molecule has 3 atom stereocenters. The first-order chi connectivity index (χ1) is 3.88. The highest BCUT2D eigenvalue weighted by Crippen LogP contribution is 2.30. The van der Waals surface area contributed by atoms with Gasteiger partial charge in [0.25, 0.3) is 0 Å². The third-order valence-electron chi connectivity index (χ3n) is 2.39. The number of fused-ring (bicyclic) bond motifs is 2. The Morgan fingerprint density at radius 2 is 2.25 bits per heavy atom. The summed E-state index contributed by atoms with van der Waals surface area (Å²) < 4.78 is 0. The molecule has 1 saturated carbocycles. The van der Waals surface area contributed by atoms with Gasteiger partial charge in [0.1, 0.15) is 0 Å². The molecule has 46 valence electrons. The number of hydrogen-bond acceptors (Lipinski definition) is 2. The number of aliphatic hydroxyl groups is 1.